The van der Waals surface area contributed by atoms with Crippen LogP contribution in [0.25, 0.3) is 0 Å². The highest BCUT2D eigenvalue weighted by atomic mass is 19.4. The van der Waals surface area contributed by atoms with Crippen molar-refractivity contribution in [3.63, 3.8) is 0 Å². The number of hydrogen-bond donors (Lipinski definition) is 1. The standard InChI is InChI=1S/C22H23F3O5/c1-20(2)11-13-9-17(29-22(23,24)25)10-14(18(13)30-20)12-28-16-7-5-15(6-8-16)21(3,4)19(26)27/h5-10H,11-12H2,1-4H3,(H,26,27). The zero-order chi connectivity index (χ0) is 22.3. The minimum Gasteiger partial charge on any atom is -0.489 e. The summed E-state index contributed by atoms with van der Waals surface area (Å²) in [5.41, 5.74) is 0.0696. The molecule has 0 bridgehead atoms. The van der Waals surface area contributed by atoms with E-state index in [0.717, 1.165) is 0 Å². The molecule has 30 heavy (non-hydrogen) atoms. The number of fused-ring (bicyclic) bond motifs is 1. The van der Waals surface area contributed by atoms with Gasteiger partial charge >= 0.3 is 12.3 Å². The van der Waals surface area contributed by atoms with E-state index in [4.69, 9.17) is 9.47 Å². The summed E-state index contributed by atoms with van der Waals surface area (Å²) in [4.78, 5) is 11.4. The Hall–Kier alpha value is -2.90. The van der Waals surface area contributed by atoms with Crippen molar-refractivity contribution in [1.29, 1.82) is 0 Å². The van der Waals surface area contributed by atoms with Crippen molar-refractivity contribution in [3.05, 3.63) is 53.1 Å². The number of rotatable bonds is 6. The second-order valence-corrected chi connectivity index (χ2v) is 8.40. The van der Waals surface area contributed by atoms with E-state index in [0.29, 0.717) is 34.6 Å². The summed E-state index contributed by atoms with van der Waals surface area (Å²) in [6, 6.07) is 9.15. The lowest BCUT2D eigenvalue weighted by Gasteiger charge is -2.20. The highest BCUT2D eigenvalue weighted by molar-refractivity contribution is 5.80. The number of halogens is 3. The quantitative estimate of drug-likeness (QED) is 0.687. The van der Waals surface area contributed by atoms with Crippen molar-refractivity contribution in [2.45, 2.75) is 58.1 Å². The molecule has 5 nitrogen and oxygen atoms in total. The molecule has 0 saturated carbocycles. The second kappa shape index (κ2) is 7.41. The molecule has 0 aliphatic carbocycles. The Bertz CT molecular complexity index is 946. The molecule has 1 heterocycles. The molecular weight excluding hydrogens is 401 g/mol. The van der Waals surface area contributed by atoms with Crippen LogP contribution in [-0.4, -0.2) is 23.0 Å². The van der Waals surface area contributed by atoms with Crippen LogP contribution in [0.1, 0.15) is 44.4 Å². The Morgan fingerprint density at radius 3 is 2.33 bits per heavy atom. The number of carbonyl (C=O) groups is 1. The van der Waals surface area contributed by atoms with Gasteiger partial charge in [-0.25, -0.2) is 0 Å². The van der Waals surface area contributed by atoms with Crippen molar-refractivity contribution in [1.82, 2.24) is 0 Å². The predicted molar refractivity (Wildman–Crippen MR) is 103 cm³/mol. The van der Waals surface area contributed by atoms with E-state index in [1.165, 1.54) is 12.1 Å². The number of alkyl halides is 3. The van der Waals surface area contributed by atoms with E-state index < -0.39 is 23.3 Å². The van der Waals surface area contributed by atoms with Crippen LogP contribution in [0.4, 0.5) is 13.2 Å². The van der Waals surface area contributed by atoms with E-state index in [9.17, 15) is 23.1 Å². The first kappa shape index (κ1) is 21.8. The van der Waals surface area contributed by atoms with Gasteiger partial charge in [0, 0.05) is 17.5 Å². The van der Waals surface area contributed by atoms with Crippen molar-refractivity contribution >= 4 is 5.97 Å². The molecule has 8 heteroatoms. The van der Waals surface area contributed by atoms with Crippen molar-refractivity contribution < 1.29 is 37.3 Å². The molecule has 0 saturated heterocycles. The van der Waals surface area contributed by atoms with Crippen LogP contribution in [0, 0.1) is 0 Å². The minimum absolute atomic E-state index is 0.0326. The molecule has 0 amide bonds. The van der Waals surface area contributed by atoms with Gasteiger partial charge in [-0.3, -0.25) is 4.79 Å². The third-order valence-corrected chi connectivity index (χ3v) is 4.95. The van der Waals surface area contributed by atoms with Crippen LogP contribution in [-0.2, 0) is 23.2 Å². The summed E-state index contributed by atoms with van der Waals surface area (Å²) in [5, 5.41) is 9.32. The summed E-state index contributed by atoms with van der Waals surface area (Å²) in [6.07, 6.45) is -4.35. The van der Waals surface area contributed by atoms with E-state index in [1.54, 1.807) is 38.1 Å². The van der Waals surface area contributed by atoms with Gasteiger partial charge in [0.15, 0.2) is 0 Å². The molecule has 0 atom stereocenters. The molecule has 1 aliphatic rings. The first-order valence-electron chi connectivity index (χ1n) is 9.34. The van der Waals surface area contributed by atoms with Gasteiger partial charge in [-0.05, 0) is 57.5 Å². The van der Waals surface area contributed by atoms with Crippen molar-refractivity contribution in [3.8, 4) is 17.2 Å². The van der Waals surface area contributed by atoms with E-state index in [1.807, 2.05) is 13.8 Å². The average molecular weight is 424 g/mol. The van der Waals surface area contributed by atoms with Crippen LogP contribution < -0.4 is 14.2 Å². The lowest BCUT2D eigenvalue weighted by Crippen LogP contribution is -2.28. The Balaban J connectivity index is 1.82. The molecule has 3 rings (SSSR count). The minimum atomic E-state index is -4.80. The maximum atomic E-state index is 12.7. The fraction of sp³-hybridized carbons (Fsp3) is 0.409. The highest BCUT2D eigenvalue weighted by Crippen LogP contribution is 2.41. The van der Waals surface area contributed by atoms with Gasteiger partial charge in [-0.1, -0.05) is 12.1 Å². The number of carboxylic acid groups (broad SMARTS) is 1. The molecule has 1 aliphatic heterocycles. The summed E-state index contributed by atoms with van der Waals surface area (Å²) in [5.74, 6) is -0.320. The lowest BCUT2D eigenvalue weighted by atomic mass is 9.85. The van der Waals surface area contributed by atoms with Gasteiger partial charge in [0.05, 0.1) is 5.41 Å². The lowest BCUT2D eigenvalue weighted by molar-refractivity contribution is -0.274. The highest BCUT2D eigenvalue weighted by Gasteiger charge is 2.36. The maximum Gasteiger partial charge on any atom is 0.573 e. The molecule has 0 fully saturated rings. The number of hydrogen-bond acceptors (Lipinski definition) is 4. The Morgan fingerprint density at radius 1 is 1.13 bits per heavy atom. The first-order valence-corrected chi connectivity index (χ1v) is 9.34. The second-order valence-electron chi connectivity index (χ2n) is 8.40. The van der Waals surface area contributed by atoms with Gasteiger partial charge < -0.3 is 19.3 Å². The summed E-state index contributed by atoms with van der Waals surface area (Å²) < 4.78 is 53.8. The molecule has 0 spiro atoms. The zero-order valence-corrected chi connectivity index (χ0v) is 17.1. The molecule has 2 aromatic rings. The van der Waals surface area contributed by atoms with E-state index in [-0.39, 0.29) is 12.4 Å². The fourth-order valence-electron chi connectivity index (χ4n) is 3.31. The smallest absolute Gasteiger partial charge is 0.489 e. The largest absolute Gasteiger partial charge is 0.573 e. The monoisotopic (exact) mass is 424 g/mol. The normalized spacial score (nSPS) is 15.3. The number of aliphatic carboxylic acids is 1. The summed E-state index contributed by atoms with van der Waals surface area (Å²) in [7, 11) is 0. The Morgan fingerprint density at radius 2 is 1.77 bits per heavy atom. The molecule has 0 aromatic heterocycles. The van der Waals surface area contributed by atoms with Crippen LogP contribution in [0.2, 0.25) is 0 Å². The number of carboxylic acids is 1. The van der Waals surface area contributed by atoms with E-state index >= 15 is 0 Å². The third kappa shape index (κ3) is 4.80. The number of ether oxygens (including phenoxy) is 3. The average Bonchev–Trinajstić information content (AvgIpc) is 2.92. The van der Waals surface area contributed by atoms with Gasteiger partial charge in [-0.15, -0.1) is 13.2 Å². The van der Waals surface area contributed by atoms with Crippen LogP contribution in [0.15, 0.2) is 36.4 Å². The van der Waals surface area contributed by atoms with E-state index in [2.05, 4.69) is 4.74 Å². The zero-order valence-electron chi connectivity index (χ0n) is 17.1. The third-order valence-electron chi connectivity index (χ3n) is 4.95. The molecule has 2 aromatic carbocycles. The molecule has 0 radical (unpaired) electrons. The molecule has 0 unspecified atom stereocenters. The molecule has 1 N–H and O–H groups in total. The van der Waals surface area contributed by atoms with Gasteiger partial charge in [0.25, 0.3) is 0 Å². The predicted octanol–water partition coefficient (Wildman–Crippen LogP) is 5.24. The van der Waals surface area contributed by atoms with Gasteiger partial charge in [0.1, 0.15) is 29.5 Å². The van der Waals surface area contributed by atoms with Crippen LogP contribution in [0.3, 0.4) is 0 Å². The SMILES string of the molecule is CC1(C)Cc2cc(OC(F)(F)F)cc(COc3ccc(C(C)(C)C(=O)O)cc3)c2O1. The molecule has 162 valence electrons. The van der Waals surface area contributed by atoms with Gasteiger partial charge in [0.2, 0.25) is 0 Å². The Kier molecular flexibility index (Phi) is 5.39. The number of benzene rings is 2. The van der Waals surface area contributed by atoms with Crippen LogP contribution >= 0.6 is 0 Å². The van der Waals surface area contributed by atoms with Crippen molar-refractivity contribution in [2.75, 3.05) is 0 Å². The summed E-state index contributed by atoms with van der Waals surface area (Å²) in [6.45, 7) is 6.87. The van der Waals surface area contributed by atoms with Gasteiger partial charge in [-0.2, -0.15) is 0 Å². The fourth-order valence-corrected chi connectivity index (χ4v) is 3.31. The summed E-state index contributed by atoms with van der Waals surface area (Å²) >= 11 is 0. The maximum absolute atomic E-state index is 12.7. The Labute approximate surface area is 172 Å². The first-order chi connectivity index (χ1) is 13.8. The van der Waals surface area contributed by atoms with Crippen molar-refractivity contribution in [2.24, 2.45) is 0 Å². The molecular formula is C22H23F3O5. The van der Waals surface area contributed by atoms with Crippen LogP contribution in [0.5, 0.6) is 17.2 Å². The topological polar surface area (TPSA) is 65.0 Å².